The minimum Gasteiger partial charge on any atom is -0.492 e. The maximum absolute atomic E-state index is 13.5. The van der Waals surface area contributed by atoms with E-state index in [1.165, 1.54) is 17.0 Å². The van der Waals surface area contributed by atoms with Crippen LogP contribution in [0.4, 0.5) is 10.1 Å². The lowest BCUT2D eigenvalue weighted by atomic mass is 9.95. The summed E-state index contributed by atoms with van der Waals surface area (Å²) >= 11 is 0. The second kappa shape index (κ2) is 7.98. The number of amides is 2. The van der Waals surface area contributed by atoms with Crippen LogP contribution in [0.3, 0.4) is 0 Å². The lowest BCUT2D eigenvalue weighted by Crippen LogP contribution is -2.33. The van der Waals surface area contributed by atoms with E-state index in [2.05, 4.69) is 15.5 Å². The molecule has 0 saturated carbocycles. The molecule has 0 radical (unpaired) electrons. The molecule has 0 saturated heterocycles. The van der Waals surface area contributed by atoms with Crippen molar-refractivity contribution in [2.75, 3.05) is 26.0 Å². The van der Waals surface area contributed by atoms with Crippen LogP contribution >= 0.6 is 0 Å². The number of aromatic amines is 1. The normalized spacial score (nSPS) is 15.1. The number of hydrogen-bond acceptors (Lipinski definition) is 4. The van der Waals surface area contributed by atoms with Crippen LogP contribution in [-0.2, 0) is 11.2 Å². The number of anilines is 1. The van der Waals surface area contributed by atoms with Gasteiger partial charge in [-0.2, -0.15) is 5.10 Å². The molecule has 30 heavy (non-hydrogen) atoms. The summed E-state index contributed by atoms with van der Waals surface area (Å²) < 4.78 is 19.2. The van der Waals surface area contributed by atoms with Crippen LogP contribution in [0.1, 0.15) is 15.9 Å². The highest BCUT2D eigenvalue weighted by Gasteiger charge is 2.27. The summed E-state index contributed by atoms with van der Waals surface area (Å²) in [6.07, 6.45) is 3.75. The SMILES string of the molecule is CN(C)C(=O)c1cc(-c2cn[nH]c2)ccc1NC(=O)C1COc2ccc(F)cc2C1. The number of rotatable bonds is 4. The van der Waals surface area contributed by atoms with E-state index in [1.807, 2.05) is 6.07 Å². The van der Waals surface area contributed by atoms with Crippen molar-refractivity contribution >= 4 is 17.5 Å². The van der Waals surface area contributed by atoms with E-state index in [4.69, 9.17) is 4.74 Å². The highest BCUT2D eigenvalue weighted by molar-refractivity contribution is 6.05. The van der Waals surface area contributed by atoms with Crippen LogP contribution in [0.5, 0.6) is 5.75 Å². The number of nitrogens with one attached hydrogen (secondary N) is 2. The number of fused-ring (bicyclic) bond motifs is 1. The Labute approximate surface area is 172 Å². The van der Waals surface area contributed by atoms with Gasteiger partial charge in [0.05, 0.1) is 23.4 Å². The number of H-pyrrole nitrogens is 1. The fourth-order valence-corrected chi connectivity index (χ4v) is 3.43. The first-order chi connectivity index (χ1) is 14.4. The van der Waals surface area contributed by atoms with Crippen molar-refractivity contribution < 1.29 is 18.7 Å². The summed E-state index contributed by atoms with van der Waals surface area (Å²) in [5.74, 6) is -0.785. The molecule has 3 aromatic rings. The Kier molecular flexibility index (Phi) is 5.22. The summed E-state index contributed by atoms with van der Waals surface area (Å²) in [7, 11) is 3.30. The summed E-state index contributed by atoms with van der Waals surface area (Å²) in [4.78, 5) is 27.1. The molecule has 0 spiro atoms. The Morgan fingerprint density at radius 3 is 2.77 bits per heavy atom. The maximum Gasteiger partial charge on any atom is 0.255 e. The van der Waals surface area contributed by atoms with Crippen LogP contribution in [0, 0.1) is 11.7 Å². The highest BCUT2D eigenvalue weighted by Crippen LogP contribution is 2.30. The van der Waals surface area contributed by atoms with Gasteiger partial charge in [0.2, 0.25) is 5.91 Å². The molecule has 2 N–H and O–H groups in total. The summed E-state index contributed by atoms with van der Waals surface area (Å²) in [6.45, 7) is 0.189. The topological polar surface area (TPSA) is 87.3 Å². The van der Waals surface area contributed by atoms with Gasteiger partial charge in [0.25, 0.3) is 5.91 Å². The van der Waals surface area contributed by atoms with Crippen molar-refractivity contribution in [3.8, 4) is 16.9 Å². The van der Waals surface area contributed by atoms with Gasteiger partial charge in [-0.25, -0.2) is 4.39 Å². The molecule has 0 bridgehead atoms. The third kappa shape index (κ3) is 3.89. The van der Waals surface area contributed by atoms with E-state index in [9.17, 15) is 14.0 Å². The largest absolute Gasteiger partial charge is 0.492 e. The summed E-state index contributed by atoms with van der Waals surface area (Å²) in [5.41, 5.74) is 3.07. The number of hydrogen-bond donors (Lipinski definition) is 2. The standard InChI is InChI=1S/C22H21FN4O3/c1-27(2)22(29)18-9-13(16-10-24-25-11-16)3-5-19(18)26-21(28)15-7-14-8-17(23)4-6-20(14)30-12-15/h3-6,8-11,15H,7,12H2,1-2H3,(H,24,25)(H,26,28). The number of nitrogens with zero attached hydrogens (tertiary/aromatic N) is 2. The molecule has 8 heteroatoms. The Morgan fingerprint density at radius 1 is 1.20 bits per heavy atom. The first-order valence-electron chi connectivity index (χ1n) is 9.49. The van der Waals surface area contributed by atoms with Gasteiger partial charge in [0.1, 0.15) is 18.2 Å². The monoisotopic (exact) mass is 408 g/mol. The zero-order valence-electron chi connectivity index (χ0n) is 16.6. The van der Waals surface area contributed by atoms with Gasteiger partial charge < -0.3 is 15.0 Å². The predicted octanol–water partition coefficient (Wildman–Crippen LogP) is 3.11. The summed E-state index contributed by atoms with van der Waals surface area (Å²) in [5, 5.41) is 9.53. The van der Waals surface area contributed by atoms with Gasteiger partial charge in [0, 0.05) is 25.9 Å². The molecule has 7 nitrogen and oxygen atoms in total. The van der Waals surface area contributed by atoms with Gasteiger partial charge >= 0.3 is 0 Å². The predicted molar refractivity (Wildman–Crippen MR) is 110 cm³/mol. The van der Waals surface area contributed by atoms with Crippen molar-refractivity contribution in [3.63, 3.8) is 0 Å². The van der Waals surface area contributed by atoms with Crippen LogP contribution < -0.4 is 10.1 Å². The van der Waals surface area contributed by atoms with E-state index < -0.39 is 5.92 Å². The fourth-order valence-electron chi connectivity index (χ4n) is 3.43. The Hall–Kier alpha value is -3.68. The van der Waals surface area contributed by atoms with Gasteiger partial charge in [-0.15, -0.1) is 0 Å². The molecule has 2 heterocycles. The number of halogens is 1. The Balaban J connectivity index is 1.59. The second-order valence-corrected chi connectivity index (χ2v) is 7.40. The molecule has 4 rings (SSSR count). The molecule has 1 unspecified atom stereocenters. The van der Waals surface area contributed by atoms with Crippen molar-refractivity contribution in [1.29, 1.82) is 0 Å². The smallest absolute Gasteiger partial charge is 0.255 e. The molecule has 0 aliphatic carbocycles. The van der Waals surface area contributed by atoms with Crippen LogP contribution in [0.25, 0.3) is 11.1 Å². The number of carbonyl (C=O) groups is 2. The van der Waals surface area contributed by atoms with E-state index >= 15 is 0 Å². The minimum atomic E-state index is -0.491. The lowest BCUT2D eigenvalue weighted by molar-refractivity contribution is -0.121. The van der Waals surface area contributed by atoms with Gasteiger partial charge in [-0.3, -0.25) is 14.7 Å². The summed E-state index contributed by atoms with van der Waals surface area (Å²) in [6, 6.07) is 9.53. The number of carbonyl (C=O) groups excluding carboxylic acids is 2. The van der Waals surface area contributed by atoms with E-state index in [-0.39, 0.29) is 24.2 Å². The van der Waals surface area contributed by atoms with Crippen molar-refractivity contribution in [3.05, 3.63) is 65.7 Å². The average Bonchev–Trinajstić information content (AvgIpc) is 3.27. The number of aromatic nitrogens is 2. The third-order valence-electron chi connectivity index (χ3n) is 5.05. The quantitative estimate of drug-likeness (QED) is 0.695. The number of benzene rings is 2. The van der Waals surface area contributed by atoms with Crippen molar-refractivity contribution in [2.45, 2.75) is 6.42 Å². The third-order valence-corrected chi connectivity index (χ3v) is 5.05. The van der Waals surface area contributed by atoms with Crippen LogP contribution in [0.2, 0.25) is 0 Å². The number of ether oxygens (including phenoxy) is 1. The molecular formula is C22H21FN4O3. The van der Waals surface area contributed by atoms with E-state index in [0.29, 0.717) is 29.0 Å². The molecule has 154 valence electrons. The Bertz CT molecular complexity index is 1100. The van der Waals surface area contributed by atoms with Crippen LogP contribution in [0.15, 0.2) is 48.8 Å². The molecule has 2 amide bonds. The maximum atomic E-state index is 13.5. The molecule has 1 aliphatic rings. The fraction of sp³-hybridized carbons (Fsp3) is 0.227. The molecule has 1 aromatic heterocycles. The molecule has 1 atom stereocenters. The van der Waals surface area contributed by atoms with E-state index in [1.54, 1.807) is 44.7 Å². The first kappa shape index (κ1) is 19.6. The van der Waals surface area contributed by atoms with Crippen LogP contribution in [-0.4, -0.2) is 47.6 Å². The average molecular weight is 408 g/mol. The van der Waals surface area contributed by atoms with Gasteiger partial charge in [-0.1, -0.05) is 6.07 Å². The second-order valence-electron chi connectivity index (χ2n) is 7.40. The molecular weight excluding hydrogens is 387 g/mol. The lowest BCUT2D eigenvalue weighted by Gasteiger charge is -2.25. The zero-order valence-corrected chi connectivity index (χ0v) is 16.6. The minimum absolute atomic E-state index is 0.189. The van der Waals surface area contributed by atoms with Gasteiger partial charge in [0.15, 0.2) is 0 Å². The van der Waals surface area contributed by atoms with Crippen molar-refractivity contribution in [1.82, 2.24) is 15.1 Å². The first-order valence-corrected chi connectivity index (χ1v) is 9.49. The molecule has 0 fully saturated rings. The van der Waals surface area contributed by atoms with Gasteiger partial charge in [-0.05, 0) is 47.9 Å². The molecule has 1 aliphatic heterocycles. The zero-order chi connectivity index (χ0) is 21.3. The molecule has 2 aromatic carbocycles. The van der Waals surface area contributed by atoms with Crippen molar-refractivity contribution in [2.24, 2.45) is 5.92 Å². The Morgan fingerprint density at radius 2 is 2.03 bits per heavy atom. The highest BCUT2D eigenvalue weighted by atomic mass is 19.1. The van der Waals surface area contributed by atoms with E-state index in [0.717, 1.165) is 11.1 Å².